The molecule has 0 saturated carbocycles. The first kappa shape index (κ1) is 17.8. The Kier molecular flexibility index (Phi) is 4.24. The monoisotopic (exact) mass is 407 g/mol. The van der Waals surface area contributed by atoms with Crippen LogP contribution in [-0.2, 0) is 0 Å². The molecule has 0 amide bonds. The van der Waals surface area contributed by atoms with Crippen molar-refractivity contribution in [3.05, 3.63) is 58.1 Å². The maximum absolute atomic E-state index is 12.4. The molecule has 0 spiro atoms. The van der Waals surface area contributed by atoms with Gasteiger partial charge in [-0.1, -0.05) is 23.7 Å². The molecular formula is C21H18ClN5O2. The molecule has 1 fully saturated rings. The Hall–Kier alpha value is -3.32. The molecule has 0 bridgehead atoms. The largest absolute Gasteiger partial charge is 0.506 e. The zero-order valence-electron chi connectivity index (χ0n) is 15.4. The maximum Gasteiger partial charge on any atom is 0.263 e. The maximum atomic E-state index is 12.4. The molecule has 2 aromatic carbocycles. The molecule has 4 aromatic rings. The highest BCUT2D eigenvalue weighted by Crippen LogP contribution is 2.37. The number of aromatic hydroxyl groups is 1. The first-order valence-corrected chi connectivity index (χ1v) is 9.79. The fraction of sp³-hybridized carbons (Fsp3) is 0.190. The molecule has 3 N–H and O–H groups in total. The minimum absolute atomic E-state index is 0.0488. The van der Waals surface area contributed by atoms with Gasteiger partial charge in [-0.2, -0.15) is 5.10 Å². The number of aromatic nitrogens is 4. The average molecular weight is 408 g/mol. The summed E-state index contributed by atoms with van der Waals surface area (Å²) in [7, 11) is 0. The average Bonchev–Trinajstić information content (AvgIpc) is 3.42. The second-order valence-corrected chi connectivity index (χ2v) is 7.54. The van der Waals surface area contributed by atoms with E-state index in [1.807, 2.05) is 12.1 Å². The van der Waals surface area contributed by atoms with Gasteiger partial charge >= 0.3 is 0 Å². The van der Waals surface area contributed by atoms with E-state index in [2.05, 4.69) is 37.2 Å². The Bertz CT molecular complexity index is 1240. The van der Waals surface area contributed by atoms with Gasteiger partial charge in [0.2, 0.25) is 0 Å². The van der Waals surface area contributed by atoms with Crippen molar-refractivity contribution in [1.82, 2.24) is 20.2 Å². The molecule has 1 aliphatic rings. The van der Waals surface area contributed by atoms with Gasteiger partial charge in [0.25, 0.3) is 5.56 Å². The molecule has 1 saturated heterocycles. The standard InChI is InChI=1S/C21H18ClN5O2/c22-16-10-17-15(19(28)18(21(29)25-17)20-23-11-24-26-20)9-14(16)12-3-5-13(6-4-12)27-7-1-2-8-27/h3-6,9-11H,1-2,7-8H2,(H,23,24,26)(H2,25,28,29). The lowest BCUT2D eigenvalue weighted by atomic mass is 10.0. The third-order valence-corrected chi connectivity index (χ3v) is 5.69. The number of nitrogens with zero attached hydrogens (tertiary/aromatic N) is 3. The number of H-pyrrole nitrogens is 2. The number of aromatic amines is 2. The molecular weight excluding hydrogens is 390 g/mol. The van der Waals surface area contributed by atoms with Gasteiger partial charge < -0.3 is 15.0 Å². The minimum Gasteiger partial charge on any atom is -0.506 e. The smallest absolute Gasteiger partial charge is 0.263 e. The van der Waals surface area contributed by atoms with E-state index in [0.29, 0.717) is 15.9 Å². The number of fused-ring (bicyclic) bond motifs is 1. The highest BCUT2D eigenvalue weighted by Gasteiger charge is 2.18. The number of hydrogen-bond acceptors (Lipinski definition) is 5. The van der Waals surface area contributed by atoms with Gasteiger partial charge in [-0.15, -0.1) is 0 Å². The zero-order chi connectivity index (χ0) is 20.0. The van der Waals surface area contributed by atoms with E-state index < -0.39 is 5.56 Å². The summed E-state index contributed by atoms with van der Waals surface area (Å²) in [5, 5.41) is 18.1. The Morgan fingerprint density at radius 3 is 2.55 bits per heavy atom. The molecule has 3 heterocycles. The first-order valence-electron chi connectivity index (χ1n) is 9.41. The van der Waals surface area contributed by atoms with Crippen molar-refractivity contribution in [2.45, 2.75) is 12.8 Å². The molecule has 0 radical (unpaired) electrons. The Morgan fingerprint density at radius 2 is 1.86 bits per heavy atom. The van der Waals surface area contributed by atoms with Crippen LogP contribution in [0.3, 0.4) is 0 Å². The summed E-state index contributed by atoms with van der Waals surface area (Å²) in [6.45, 7) is 2.17. The molecule has 0 atom stereocenters. The van der Waals surface area contributed by atoms with Crippen molar-refractivity contribution in [1.29, 1.82) is 0 Å². The lowest BCUT2D eigenvalue weighted by Crippen LogP contribution is -2.17. The number of hydrogen-bond donors (Lipinski definition) is 3. The quantitative estimate of drug-likeness (QED) is 0.478. The van der Waals surface area contributed by atoms with Crippen molar-refractivity contribution >= 4 is 28.2 Å². The van der Waals surface area contributed by atoms with E-state index in [-0.39, 0.29) is 17.1 Å². The molecule has 0 aliphatic carbocycles. The Balaban J connectivity index is 1.63. The fourth-order valence-corrected chi connectivity index (χ4v) is 4.17. The van der Waals surface area contributed by atoms with Gasteiger partial charge in [-0.3, -0.25) is 9.89 Å². The van der Waals surface area contributed by atoms with Crippen LogP contribution in [0.15, 0.2) is 47.5 Å². The lowest BCUT2D eigenvalue weighted by molar-refractivity contribution is 0.482. The number of halogens is 1. The Labute approximate surface area is 171 Å². The summed E-state index contributed by atoms with van der Waals surface area (Å²) < 4.78 is 0. The van der Waals surface area contributed by atoms with Crippen LogP contribution < -0.4 is 10.5 Å². The minimum atomic E-state index is -0.467. The highest BCUT2D eigenvalue weighted by atomic mass is 35.5. The first-order chi connectivity index (χ1) is 14.1. The number of anilines is 1. The van der Waals surface area contributed by atoms with Gasteiger partial charge in [0.1, 0.15) is 17.6 Å². The van der Waals surface area contributed by atoms with Crippen LogP contribution >= 0.6 is 11.6 Å². The molecule has 1 aliphatic heterocycles. The Morgan fingerprint density at radius 1 is 1.10 bits per heavy atom. The van der Waals surface area contributed by atoms with Crippen LogP contribution in [-0.4, -0.2) is 38.4 Å². The zero-order valence-corrected chi connectivity index (χ0v) is 16.2. The van der Waals surface area contributed by atoms with Crippen LogP contribution in [0.2, 0.25) is 5.02 Å². The molecule has 8 heteroatoms. The van der Waals surface area contributed by atoms with Gasteiger partial charge in [0.15, 0.2) is 5.82 Å². The van der Waals surface area contributed by atoms with E-state index in [0.717, 1.165) is 24.2 Å². The fourth-order valence-electron chi connectivity index (χ4n) is 3.89. The van der Waals surface area contributed by atoms with Crippen molar-refractivity contribution in [2.24, 2.45) is 0 Å². The van der Waals surface area contributed by atoms with Crippen LogP contribution in [0.25, 0.3) is 33.4 Å². The highest BCUT2D eigenvalue weighted by molar-refractivity contribution is 6.34. The van der Waals surface area contributed by atoms with Crippen LogP contribution in [0.1, 0.15) is 12.8 Å². The number of rotatable bonds is 3. The predicted molar refractivity (Wildman–Crippen MR) is 114 cm³/mol. The van der Waals surface area contributed by atoms with E-state index in [1.165, 1.54) is 24.9 Å². The van der Waals surface area contributed by atoms with Crippen LogP contribution in [0.4, 0.5) is 5.69 Å². The van der Waals surface area contributed by atoms with Crippen molar-refractivity contribution in [2.75, 3.05) is 18.0 Å². The summed E-state index contributed by atoms with van der Waals surface area (Å²) in [4.78, 5) is 21.5. The number of pyridine rings is 1. The van der Waals surface area contributed by atoms with Gasteiger partial charge in [0.05, 0.1) is 10.5 Å². The van der Waals surface area contributed by atoms with E-state index in [9.17, 15) is 9.90 Å². The normalized spacial score (nSPS) is 14.0. The molecule has 5 rings (SSSR count). The van der Waals surface area contributed by atoms with Crippen LogP contribution in [0.5, 0.6) is 5.75 Å². The second kappa shape index (κ2) is 6.93. The van der Waals surface area contributed by atoms with Crippen LogP contribution in [0, 0.1) is 0 Å². The van der Waals surface area contributed by atoms with E-state index in [1.54, 1.807) is 12.1 Å². The van der Waals surface area contributed by atoms with Crippen molar-refractivity contribution < 1.29 is 5.11 Å². The molecule has 146 valence electrons. The number of nitrogens with one attached hydrogen (secondary N) is 2. The van der Waals surface area contributed by atoms with Crippen molar-refractivity contribution in [3.8, 4) is 28.3 Å². The predicted octanol–water partition coefficient (Wildman–Crippen LogP) is 3.94. The third kappa shape index (κ3) is 3.03. The van der Waals surface area contributed by atoms with E-state index >= 15 is 0 Å². The summed E-state index contributed by atoms with van der Waals surface area (Å²) in [5.74, 6) is 0.0456. The van der Waals surface area contributed by atoms with E-state index in [4.69, 9.17) is 11.6 Å². The van der Waals surface area contributed by atoms with Gasteiger partial charge in [-0.05, 0) is 42.7 Å². The topological polar surface area (TPSA) is 97.9 Å². The summed E-state index contributed by atoms with van der Waals surface area (Å²) in [6.07, 6.45) is 3.74. The summed E-state index contributed by atoms with van der Waals surface area (Å²) >= 11 is 6.51. The summed E-state index contributed by atoms with van der Waals surface area (Å²) in [6, 6.07) is 11.7. The number of benzene rings is 2. The lowest BCUT2D eigenvalue weighted by Gasteiger charge is -2.18. The van der Waals surface area contributed by atoms with Crippen molar-refractivity contribution in [3.63, 3.8) is 0 Å². The molecule has 2 aromatic heterocycles. The molecule has 29 heavy (non-hydrogen) atoms. The van der Waals surface area contributed by atoms with Gasteiger partial charge in [0, 0.05) is 29.7 Å². The second-order valence-electron chi connectivity index (χ2n) is 7.13. The molecule has 7 nitrogen and oxygen atoms in total. The third-order valence-electron chi connectivity index (χ3n) is 5.38. The van der Waals surface area contributed by atoms with Gasteiger partial charge in [-0.25, -0.2) is 4.98 Å². The SMILES string of the molecule is O=c1[nH]c2cc(Cl)c(-c3ccc(N4CCCC4)cc3)cc2c(O)c1-c1ncn[nH]1. The molecule has 0 unspecified atom stereocenters. The summed E-state index contributed by atoms with van der Waals surface area (Å²) in [5.41, 5.74) is 2.95.